The van der Waals surface area contributed by atoms with Crippen LogP contribution in [0.4, 0.5) is 4.39 Å². The fourth-order valence-corrected chi connectivity index (χ4v) is 3.13. The number of H-pyrrole nitrogens is 1. The molecule has 5 nitrogen and oxygen atoms in total. The van der Waals surface area contributed by atoms with Gasteiger partial charge in [0.15, 0.2) is 0 Å². The number of aromatic amines is 1. The summed E-state index contributed by atoms with van der Waals surface area (Å²) in [4.78, 5) is 7.59. The number of fused-ring (bicyclic) bond motifs is 1. The van der Waals surface area contributed by atoms with E-state index < -0.39 is 0 Å². The zero-order chi connectivity index (χ0) is 19.0. The summed E-state index contributed by atoms with van der Waals surface area (Å²) in [5, 5.41) is 14.4. The Balaban J connectivity index is 1.80. The summed E-state index contributed by atoms with van der Waals surface area (Å²) in [6, 6.07) is 15.6. The largest absolute Gasteiger partial charge is 0.337 e. The standard InChI is InChI=1S/C20H13ClFN5/c1-12-16(19(21)27(26-12)15-8-6-14(22)7-9-15)10-13(11-23)20-24-17-4-2-3-5-18(17)25-20/h2-10H,1H3,(H,24,25). The minimum atomic E-state index is -0.337. The second kappa shape index (κ2) is 6.71. The Kier molecular flexibility index (Phi) is 4.22. The summed E-state index contributed by atoms with van der Waals surface area (Å²) in [5.74, 6) is 0.124. The summed E-state index contributed by atoms with van der Waals surface area (Å²) in [6.07, 6.45) is 1.66. The van der Waals surface area contributed by atoms with Gasteiger partial charge in [0.25, 0.3) is 0 Å². The molecule has 0 radical (unpaired) electrons. The van der Waals surface area contributed by atoms with Crippen LogP contribution in [0.1, 0.15) is 17.1 Å². The summed E-state index contributed by atoms with van der Waals surface area (Å²) >= 11 is 6.49. The Labute approximate surface area is 159 Å². The number of allylic oxidation sites excluding steroid dienone is 1. The molecule has 1 N–H and O–H groups in total. The predicted molar refractivity (Wildman–Crippen MR) is 103 cm³/mol. The lowest BCUT2D eigenvalue weighted by molar-refractivity contribution is 0.627. The van der Waals surface area contributed by atoms with Crippen molar-refractivity contribution in [3.05, 3.63) is 76.6 Å². The molecule has 0 atom stereocenters. The first kappa shape index (κ1) is 17.0. The van der Waals surface area contributed by atoms with Crippen LogP contribution in [0.2, 0.25) is 5.15 Å². The Hall–Kier alpha value is -3.43. The number of nitrogens with one attached hydrogen (secondary N) is 1. The first-order valence-electron chi connectivity index (χ1n) is 8.15. The van der Waals surface area contributed by atoms with Crippen molar-refractivity contribution in [2.24, 2.45) is 0 Å². The second-order valence-electron chi connectivity index (χ2n) is 5.95. The normalized spacial score (nSPS) is 11.7. The maximum atomic E-state index is 13.2. The molecule has 0 aliphatic heterocycles. The first-order valence-corrected chi connectivity index (χ1v) is 8.52. The molecule has 0 saturated carbocycles. The minimum absolute atomic E-state index is 0.336. The molecule has 4 aromatic rings. The lowest BCUT2D eigenvalue weighted by Gasteiger charge is -2.02. The van der Waals surface area contributed by atoms with E-state index in [-0.39, 0.29) is 5.82 Å². The van der Waals surface area contributed by atoms with Crippen LogP contribution in [-0.4, -0.2) is 19.7 Å². The summed E-state index contributed by atoms with van der Waals surface area (Å²) in [7, 11) is 0. The van der Waals surface area contributed by atoms with E-state index >= 15 is 0 Å². The summed E-state index contributed by atoms with van der Waals surface area (Å²) in [6.45, 7) is 1.80. The van der Waals surface area contributed by atoms with E-state index in [9.17, 15) is 9.65 Å². The number of nitriles is 1. The van der Waals surface area contributed by atoms with Gasteiger partial charge in [0.05, 0.1) is 28.0 Å². The second-order valence-corrected chi connectivity index (χ2v) is 6.31. The molecule has 0 fully saturated rings. The van der Waals surface area contributed by atoms with Crippen LogP contribution in [0.5, 0.6) is 0 Å². The van der Waals surface area contributed by atoms with Gasteiger partial charge in [-0.3, -0.25) is 0 Å². The van der Waals surface area contributed by atoms with Crippen LogP contribution in [0.3, 0.4) is 0 Å². The van der Waals surface area contributed by atoms with Crippen molar-refractivity contribution in [1.82, 2.24) is 19.7 Å². The van der Waals surface area contributed by atoms with Gasteiger partial charge in [0.2, 0.25) is 0 Å². The van der Waals surface area contributed by atoms with E-state index in [1.165, 1.54) is 16.8 Å². The Bertz CT molecular complexity index is 1180. The molecule has 0 spiro atoms. The van der Waals surface area contributed by atoms with Gasteiger partial charge in [0.1, 0.15) is 22.9 Å². The van der Waals surface area contributed by atoms with E-state index in [4.69, 9.17) is 11.6 Å². The maximum absolute atomic E-state index is 13.2. The van der Waals surface area contributed by atoms with Gasteiger partial charge in [-0.05, 0) is 49.4 Å². The molecular weight excluding hydrogens is 365 g/mol. The molecule has 0 unspecified atom stereocenters. The number of nitrogens with zero attached hydrogens (tertiary/aromatic N) is 4. The smallest absolute Gasteiger partial charge is 0.149 e. The molecule has 2 aromatic heterocycles. The van der Waals surface area contributed by atoms with E-state index in [2.05, 4.69) is 21.1 Å². The van der Waals surface area contributed by atoms with Crippen LogP contribution < -0.4 is 0 Å². The monoisotopic (exact) mass is 377 g/mol. The molecule has 0 aliphatic carbocycles. The molecule has 0 bridgehead atoms. The third kappa shape index (κ3) is 3.09. The molecule has 2 aromatic carbocycles. The number of imidazole rings is 1. The number of para-hydroxylation sites is 2. The van der Waals surface area contributed by atoms with Crippen LogP contribution in [0, 0.1) is 24.1 Å². The molecular formula is C20H13ClFN5. The number of hydrogen-bond donors (Lipinski definition) is 1. The SMILES string of the molecule is Cc1nn(-c2ccc(F)cc2)c(Cl)c1C=C(C#N)c1nc2ccccc2[nH]1. The zero-order valence-electron chi connectivity index (χ0n) is 14.2. The van der Waals surface area contributed by atoms with Gasteiger partial charge in [-0.25, -0.2) is 14.1 Å². The van der Waals surface area contributed by atoms with E-state index in [0.29, 0.717) is 33.5 Å². The van der Waals surface area contributed by atoms with Crippen molar-refractivity contribution in [2.75, 3.05) is 0 Å². The highest BCUT2D eigenvalue weighted by Crippen LogP contribution is 2.28. The molecule has 2 heterocycles. The average Bonchev–Trinajstić information content (AvgIpc) is 3.22. The van der Waals surface area contributed by atoms with E-state index in [1.54, 1.807) is 25.1 Å². The van der Waals surface area contributed by atoms with Crippen molar-refractivity contribution in [3.63, 3.8) is 0 Å². The van der Waals surface area contributed by atoms with Gasteiger partial charge in [-0.2, -0.15) is 10.4 Å². The van der Waals surface area contributed by atoms with Gasteiger partial charge in [-0.1, -0.05) is 23.7 Å². The summed E-state index contributed by atoms with van der Waals surface area (Å²) < 4.78 is 14.7. The van der Waals surface area contributed by atoms with Crippen LogP contribution in [0.15, 0.2) is 48.5 Å². The molecule has 7 heteroatoms. The fraction of sp³-hybridized carbons (Fsp3) is 0.0500. The Morgan fingerprint density at radius 1 is 1.22 bits per heavy atom. The number of hydrogen-bond acceptors (Lipinski definition) is 3. The van der Waals surface area contributed by atoms with Crippen LogP contribution in [-0.2, 0) is 0 Å². The number of benzene rings is 2. The number of rotatable bonds is 3. The van der Waals surface area contributed by atoms with Gasteiger partial charge >= 0.3 is 0 Å². The van der Waals surface area contributed by atoms with Gasteiger partial charge < -0.3 is 4.98 Å². The quantitative estimate of drug-likeness (QED) is 0.515. The Morgan fingerprint density at radius 3 is 2.67 bits per heavy atom. The highest BCUT2D eigenvalue weighted by atomic mass is 35.5. The molecule has 0 saturated heterocycles. The molecule has 27 heavy (non-hydrogen) atoms. The van der Waals surface area contributed by atoms with Crippen molar-refractivity contribution in [3.8, 4) is 11.8 Å². The van der Waals surface area contributed by atoms with E-state index in [0.717, 1.165) is 11.0 Å². The van der Waals surface area contributed by atoms with Crippen LogP contribution in [0.25, 0.3) is 28.4 Å². The van der Waals surface area contributed by atoms with E-state index in [1.807, 2.05) is 24.3 Å². The highest BCUT2D eigenvalue weighted by molar-refractivity contribution is 6.31. The first-order chi connectivity index (χ1) is 13.1. The topological polar surface area (TPSA) is 70.3 Å². The van der Waals surface area contributed by atoms with Crippen molar-refractivity contribution in [2.45, 2.75) is 6.92 Å². The third-order valence-corrected chi connectivity index (χ3v) is 4.54. The summed E-state index contributed by atoms with van der Waals surface area (Å²) in [5.41, 5.74) is 3.85. The maximum Gasteiger partial charge on any atom is 0.149 e. The molecule has 0 aliphatic rings. The molecule has 132 valence electrons. The highest BCUT2D eigenvalue weighted by Gasteiger charge is 2.16. The number of aryl methyl sites for hydroxylation is 1. The van der Waals surface area contributed by atoms with Crippen molar-refractivity contribution >= 4 is 34.3 Å². The lowest BCUT2D eigenvalue weighted by atomic mass is 10.1. The van der Waals surface area contributed by atoms with Gasteiger partial charge in [0, 0.05) is 5.56 Å². The van der Waals surface area contributed by atoms with Gasteiger partial charge in [-0.15, -0.1) is 0 Å². The number of halogens is 2. The fourth-order valence-electron chi connectivity index (χ4n) is 2.81. The third-order valence-electron chi connectivity index (χ3n) is 4.17. The van der Waals surface area contributed by atoms with Crippen LogP contribution >= 0.6 is 11.6 Å². The minimum Gasteiger partial charge on any atom is -0.337 e. The molecule has 0 amide bonds. The molecule has 4 rings (SSSR count). The Morgan fingerprint density at radius 2 is 1.96 bits per heavy atom. The zero-order valence-corrected chi connectivity index (χ0v) is 15.0. The van der Waals surface area contributed by atoms with Crippen molar-refractivity contribution < 1.29 is 4.39 Å². The lowest BCUT2D eigenvalue weighted by Crippen LogP contribution is -1.96. The number of aromatic nitrogens is 4. The average molecular weight is 378 g/mol. The van der Waals surface area contributed by atoms with Crippen molar-refractivity contribution in [1.29, 1.82) is 5.26 Å². The predicted octanol–water partition coefficient (Wildman–Crippen LogP) is 4.91.